The lowest BCUT2D eigenvalue weighted by molar-refractivity contribution is 0.140. The van der Waals surface area contributed by atoms with Gasteiger partial charge in [0.15, 0.2) is 0 Å². The van der Waals surface area contributed by atoms with E-state index in [4.69, 9.17) is 5.11 Å². The van der Waals surface area contributed by atoms with Crippen LogP contribution in [-0.2, 0) is 0 Å². The molecule has 0 aromatic carbocycles. The second-order valence-electron chi connectivity index (χ2n) is 6.87. The van der Waals surface area contributed by atoms with E-state index in [1.54, 1.807) is 0 Å². The summed E-state index contributed by atoms with van der Waals surface area (Å²) in [5, 5.41) is 15.1. The van der Waals surface area contributed by atoms with Gasteiger partial charge in [0, 0.05) is 17.6 Å². The second-order valence-corrected chi connectivity index (χ2v) is 6.87. The maximum Gasteiger partial charge on any atom is 0.404 e. The zero-order valence-corrected chi connectivity index (χ0v) is 12.3. The lowest BCUT2D eigenvalue weighted by atomic mass is 9.75. The Labute approximate surface area is 111 Å². The Hall–Kier alpha value is -0.770. The van der Waals surface area contributed by atoms with Crippen molar-refractivity contribution in [1.82, 2.24) is 10.6 Å². The van der Waals surface area contributed by atoms with E-state index in [9.17, 15) is 4.79 Å². The molecule has 18 heavy (non-hydrogen) atoms. The van der Waals surface area contributed by atoms with Crippen LogP contribution >= 0.6 is 0 Å². The first-order chi connectivity index (χ1) is 8.19. The molecule has 1 rings (SSSR count). The summed E-state index contributed by atoms with van der Waals surface area (Å²) in [6.07, 6.45) is 2.02. The highest BCUT2D eigenvalue weighted by Crippen LogP contribution is 2.31. The highest BCUT2D eigenvalue weighted by molar-refractivity contribution is 5.64. The average Bonchev–Trinajstić information content (AvgIpc) is 2.17. The average molecular weight is 256 g/mol. The lowest BCUT2D eigenvalue weighted by Gasteiger charge is -2.42. The van der Waals surface area contributed by atoms with Crippen molar-refractivity contribution in [3.05, 3.63) is 0 Å². The number of nitrogens with one attached hydrogen (secondary N) is 2. The number of carboxylic acid groups (broad SMARTS) is 1. The minimum atomic E-state index is -0.898. The summed E-state index contributed by atoms with van der Waals surface area (Å²) < 4.78 is 0. The molecule has 106 valence electrons. The largest absolute Gasteiger partial charge is 0.465 e. The summed E-state index contributed by atoms with van der Waals surface area (Å²) in [5.41, 5.74) is 0.116. The summed E-state index contributed by atoms with van der Waals surface area (Å²) in [7, 11) is 0. The second kappa shape index (κ2) is 5.91. The fourth-order valence-corrected chi connectivity index (χ4v) is 2.98. The van der Waals surface area contributed by atoms with Crippen LogP contribution in [0.15, 0.2) is 0 Å². The molecule has 4 heteroatoms. The van der Waals surface area contributed by atoms with Gasteiger partial charge in [-0.05, 0) is 51.9 Å². The minimum absolute atomic E-state index is 0.116. The van der Waals surface area contributed by atoms with Gasteiger partial charge in [0.05, 0.1) is 0 Å². The number of carbonyl (C=O) groups is 1. The van der Waals surface area contributed by atoms with Crippen LogP contribution in [0.25, 0.3) is 0 Å². The highest BCUT2D eigenvalue weighted by Gasteiger charge is 2.34. The van der Waals surface area contributed by atoms with E-state index in [0.29, 0.717) is 17.9 Å². The maximum absolute atomic E-state index is 10.7. The number of hydrogen-bond donors (Lipinski definition) is 3. The fraction of sp³-hybridized carbons (Fsp3) is 0.929. The van der Waals surface area contributed by atoms with Gasteiger partial charge in [0.1, 0.15) is 0 Å². The normalized spacial score (nSPS) is 29.3. The number of rotatable bonds is 3. The summed E-state index contributed by atoms with van der Waals surface area (Å²) in [6, 6.07) is 0.616. The molecule has 0 heterocycles. The summed E-state index contributed by atoms with van der Waals surface area (Å²) in [5.74, 6) is 1.11. The van der Waals surface area contributed by atoms with Crippen LogP contribution < -0.4 is 10.6 Å². The van der Waals surface area contributed by atoms with Crippen LogP contribution in [0.2, 0.25) is 0 Å². The molecule has 4 nitrogen and oxygen atoms in total. The van der Waals surface area contributed by atoms with Crippen molar-refractivity contribution < 1.29 is 9.90 Å². The number of hydrogen-bond acceptors (Lipinski definition) is 2. The molecule has 3 atom stereocenters. The van der Waals surface area contributed by atoms with E-state index >= 15 is 0 Å². The summed E-state index contributed by atoms with van der Waals surface area (Å²) >= 11 is 0. The molecule has 0 aromatic heterocycles. The van der Waals surface area contributed by atoms with Crippen LogP contribution in [0.1, 0.15) is 53.9 Å². The van der Waals surface area contributed by atoms with Crippen molar-refractivity contribution in [2.24, 2.45) is 11.8 Å². The quantitative estimate of drug-likeness (QED) is 0.727. The van der Waals surface area contributed by atoms with E-state index < -0.39 is 6.09 Å². The van der Waals surface area contributed by atoms with Gasteiger partial charge in [0.25, 0.3) is 0 Å². The van der Waals surface area contributed by atoms with Crippen molar-refractivity contribution >= 4 is 6.09 Å². The lowest BCUT2D eigenvalue weighted by Crippen LogP contribution is -2.53. The molecule has 1 aliphatic carbocycles. The smallest absolute Gasteiger partial charge is 0.404 e. The molecule has 1 unspecified atom stereocenters. The monoisotopic (exact) mass is 256 g/mol. The fourth-order valence-electron chi connectivity index (χ4n) is 2.98. The molecule has 0 aromatic rings. The van der Waals surface area contributed by atoms with Crippen LogP contribution in [0, 0.1) is 11.8 Å². The van der Waals surface area contributed by atoms with E-state index in [2.05, 4.69) is 45.3 Å². The molecule has 1 amide bonds. The van der Waals surface area contributed by atoms with Gasteiger partial charge in [-0.3, -0.25) is 0 Å². The first-order valence-electron chi connectivity index (χ1n) is 6.96. The van der Waals surface area contributed by atoms with Gasteiger partial charge in [-0.15, -0.1) is 0 Å². The molecule has 0 saturated heterocycles. The first-order valence-corrected chi connectivity index (χ1v) is 6.96. The van der Waals surface area contributed by atoms with Crippen molar-refractivity contribution in [1.29, 1.82) is 0 Å². The SMILES string of the molecule is CC(C)[C@@H]1CC(NC(=O)O)CC[C@@H]1NC(C)(C)C. The molecule has 1 saturated carbocycles. The first kappa shape index (κ1) is 15.3. The van der Waals surface area contributed by atoms with E-state index in [0.717, 1.165) is 19.3 Å². The van der Waals surface area contributed by atoms with Gasteiger partial charge in [-0.2, -0.15) is 0 Å². The zero-order valence-electron chi connectivity index (χ0n) is 12.3. The number of amides is 1. The van der Waals surface area contributed by atoms with E-state index in [1.165, 1.54) is 0 Å². The molecular weight excluding hydrogens is 228 g/mol. The predicted octanol–water partition coefficient (Wildman–Crippen LogP) is 2.84. The van der Waals surface area contributed by atoms with Crippen LogP contribution in [0.3, 0.4) is 0 Å². The zero-order chi connectivity index (χ0) is 13.9. The molecule has 0 aliphatic heterocycles. The van der Waals surface area contributed by atoms with Gasteiger partial charge in [-0.25, -0.2) is 4.79 Å². The maximum atomic E-state index is 10.7. The Morgan fingerprint density at radius 3 is 2.33 bits per heavy atom. The molecule has 0 bridgehead atoms. The third-order valence-corrected chi connectivity index (χ3v) is 3.70. The van der Waals surface area contributed by atoms with Crippen molar-refractivity contribution in [3.63, 3.8) is 0 Å². The van der Waals surface area contributed by atoms with Crippen LogP contribution in [-0.4, -0.2) is 28.8 Å². The van der Waals surface area contributed by atoms with Crippen LogP contribution in [0.4, 0.5) is 4.79 Å². The minimum Gasteiger partial charge on any atom is -0.465 e. The van der Waals surface area contributed by atoms with Crippen LogP contribution in [0.5, 0.6) is 0 Å². The molecule has 1 fully saturated rings. The molecule has 0 radical (unpaired) electrons. The van der Waals surface area contributed by atoms with Gasteiger partial charge >= 0.3 is 6.09 Å². The predicted molar refractivity (Wildman–Crippen MR) is 73.8 cm³/mol. The molecule has 1 aliphatic rings. The van der Waals surface area contributed by atoms with E-state index in [-0.39, 0.29) is 11.6 Å². The van der Waals surface area contributed by atoms with Gasteiger partial charge in [0.2, 0.25) is 0 Å². The Morgan fingerprint density at radius 2 is 1.89 bits per heavy atom. The standard InChI is InChI=1S/C14H28N2O2/c1-9(2)11-8-10(15-13(17)18)6-7-12(11)16-14(3,4)5/h9-12,15-16H,6-8H2,1-5H3,(H,17,18)/t10?,11-,12-/m0/s1. The van der Waals surface area contributed by atoms with Gasteiger partial charge in [-0.1, -0.05) is 13.8 Å². The summed E-state index contributed by atoms with van der Waals surface area (Å²) in [6.45, 7) is 11.0. The van der Waals surface area contributed by atoms with Crippen molar-refractivity contribution in [3.8, 4) is 0 Å². The Bertz CT molecular complexity index is 284. The van der Waals surface area contributed by atoms with Crippen molar-refractivity contribution in [2.75, 3.05) is 0 Å². The molecule has 3 N–H and O–H groups in total. The third-order valence-electron chi connectivity index (χ3n) is 3.70. The molecule has 0 spiro atoms. The third kappa shape index (κ3) is 4.84. The molecular formula is C14H28N2O2. The summed E-state index contributed by atoms with van der Waals surface area (Å²) in [4.78, 5) is 10.7. The van der Waals surface area contributed by atoms with Gasteiger partial charge < -0.3 is 15.7 Å². The Kier molecular flexibility index (Phi) is 5.02. The Morgan fingerprint density at radius 1 is 1.28 bits per heavy atom. The Balaban J connectivity index is 2.63. The van der Waals surface area contributed by atoms with E-state index in [1.807, 2.05) is 0 Å². The van der Waals surface area contributed by atoms with Crippen molar-refractivity contribution in [2.45, 2.75) is 71.5 Å². The topological polar surface area (TPSA) is 61.4 Å². The highest BCUT2D eigenvalue weighted by atomic mass is 16.4.